The summed E-state index contributed by atoms with van der Waals surface area (Å²) in [6.07, 6.45) is 1.62. The van der Waals surface area contributed by atoms with E-state index >= 15 is 0 Å². The highest BCUT2D eigenvalue weighted by Crippen LogP contribution is 2.26. The van der Waals surface area contributed by atoms with Gasteiger partial charge in [0.1, 0.15) is 5.75 Å². The van der Waals surface area contributed by atoms with Gasteiger partial charge in [-0.05, 0) is 42.8 Å². The zero-order chi connectivity index (χ0) is 13.1. The van der Waals surface area contributed by atoms with Gasteiger partial charge in [-0.15, -0.1) is 0 Å². The lowest BCUT2D eigenvalue weighted by Gasteiger charge is -2.02. The van der Waals surface area contributed by atoms with Gasteiger partial charge < -0.3 is 5.11 Å². The Balaban J connectivity index is 2.36. The second-order valence-corrected chi connectivity index (χ2v) is 5.17. The predicted molar refractivity (Wildman–Crippen MR) is 79.2 cm³/mol. The largest absolute Gasteiger partial charge is 0.507 e. The van der Waals surface area contributed by atoms with E-state index in [9.17, 15) is 5.11 Å². The van der Waals surface area contributed by atoms with Crippen molar-refractivity contribution in [1.82, 2.24) is 0 Å². The van der Waals surface area contributed by atoms with Gasteiger partial charge in [0.25, 0.3) is 0 Å². The van der Waals surface area contributed by atoms with Crippen molar-refractivity contribution in [3.8, 4) is 5.75 Å². The fourth-order valence-electron chi connectivity index (χ4n) is 1.50. The average molecular weight is 325 g/mol. The molecule has 1 N–H and O–H groups in total. The van der Waals surface area contributed by atoms with Crippen molar-refractivity contribution in [1.29, 1.82) is 0 Å². The van der Waals surface area contributed by atoms with Crippen LogP contribution in [0, 0.1) is 6.92 Å². The van der Waals surface area contributed by atoms with Crippen LogP contribution >= 0.6 is 27.5 Å². The number of hydrogen-bond donors (Lipinski definition) is 1. The van der Waals surface area contributed by atoms with Crippen LogP contribution in [0.3, 0.4) is 0 Å². The summed E-state index contributed by atoms with van der Waals surface area (Å²) in [7, 11) is 0. The van der Waals surface area contributed by atoms with Gasteiger partial charge in [-0.3, -0.25) is 4.99 Å². The van der Waals surface area contributed by atoms with E-state index in [1.807, 2.05) is 25.1 Å². The number of hydrogen-bond acceptors (Lipinski definition) is 2. The standard InChI is InChI=1S/C14H11BrClNO/c1-9-12(16)3-2-4-13(9)17-8-10-7-11(15)5-6-14(10)18/h2-8,18H,1H3. The maximum atomic E-state index is 9.70. The van der Waals surface area contributed by atoms with E-state index in [1.165, 1.54) is 0 Å². The van der Waals surface area contributed by atoms with Gasteiger partial charge in [-0.25, -0.2) is 0 Å². The first-order valence-electron chi connectivity index (χ1n) is 5.35. The van der Waals surface area contributed by atoms with Crippen LogP contribution in [0.25, 0.3) is 0 Å². The molecule has 0 heterocycles. The molecular weight excluding hydrogens is 314 g/mol. The van der Waals surface area contributed by atoms with E-state index in [-0.39, 0.29) is 5.75 Å². The second-order valence-electron chi connectivity index (χ2n) is 3.85. The number of nitrogens with zero attached hydrogens (tertiary/aromatic N) is 1. The van der Waals surface area contributed by atoms with Crippen LogP contribution < -0.4 is 0 Å². The second kappa shape index (κ2) is 5.55. The Labute approximate surface area is 119 Å². The Kier molecular flexibility index (Phi) is 4.04. The van der Waals surface area contributed by atoms with Crippen molar-refractivity contribution in [2.45, 2.75) is 6.92 Å². The highest BCUT2D eigenvalue weighted by Gasteiger charge is 2.01. The highest BCUT2D eigenvalue weighted by molar-refractivity contribution is 9.10. The van der Waals surface area contributed by atoms with Crippen LogP contribution in [0.15, 0.2) is 45.9 Å². The number of phenolic OH excluding ortho intramolecular Hbond substituents is 1. The number of halogens is 2. The summed E-state index contributed by atoms with van der Waals surface area (Å²) in [6.45, 7) is 1.91. The maximum absolute atomic E-state index is 9.70. The molecule has 0 unspecified atom stereocenters. The molecule has 2 aromatic rings. The quantitative estimate of drug-likeness (QED) is 0.786. The first-order chi connectivity index (χ1) is 8.58. The van der Waals surface area contributed by atoms with Gasteiger partial charge in [0.05, 0.1) is 5.69 Å². The van der Waals surface area contributed by atoms with E-state index in [0.717, 1.165) is 15.7 Å². The van der Waals surface area contributed by atoms with E-state index in [0.29, 0.717) is 10.6 Å². The van der Waals surface area contributed by atoms with Crippen LogP contribution in [-0.2, 0) is 0 Å². The zero-order valence-electron chi connectivity index (χ0n) is 9.69. The van der Waals surface area contributed by atoms with E-state index in [4.69, 9.17) is 11.6 Å². The van der Waals surface area contributed by atoms with Gasteiger partial charge >= 0.3 is 0 Å². The van der Waals surface area contributed by atoms with Gasteiger partial charge in [-0.1, -0.05) is 33.6 Å². The topological polar surface area (TPSA) is 32.6 Å². The van der Waals surface area contributed by atoms with Crippen LogP contribution in [-0.4, -0.2) is 11.3 Å². The Bertz CT molecular complexity index is 607. The molecule has 0 aliphatic rings. The van der Waals surface area contributed by atoms with Gasteiger partial charge in [-0.2, -0.15) is 0 Å². The third-order valence-electron chi connectivity index (χ3n) is 2.57. The molecule has 0 atom stereocenters. The van der Waals surface area contributed by atoms with E-state index < -0.39 is 0 Å². The molecule has 0 saturated carbocycles. The number of aromatic hydroxyl groups is 1. The smallest absolute Gasteiger partial charge is 0.124 e. The summed E-state index contributed by atoms with van der Waals surface area (Å²) in [5, 5.41) is 10.4. The van der Waals surface area contributed by atoms with Gasteiger partial charge in [0.15, 0.2) is 0 Å². The summed E-state index contributed by atoms with van der Waals surface area (Å²) in [4.78, 5) is 4.35. The molecule has 0 aromatic heterocycles. The molecule has 0 fully saturated rings. The minimum absolute atomic E-state index is 0.196. The Morgan fingerprint density at radius 2 is 2.06 bits per heavy atom. The summed E-state index contributed by atoms with van der Waals surface area (Å²) in [5.41, 5.74) is 2.37. The monoisotopic (exact) mass is 323 g/mol. The van der Waals surface area contributed by atoms with E-state index in [2.05, 4.69) is 20.9 Å². The van der Waals surface area contributed by atoms with Crippen LogP contribution in [0.2, 0.25) is 5.02 Å². The highest BCUT2D eigenvalue weighted by atomic mass is 79.9. The molecule has 0 aliphatic heterocycles. The van der Waals surface area contributed by atoms with Crippen molar-refractivity contribution < 1.29 is 5.11 Å². The predicted octanol–water partition coefficient (Wildman–Crippen LogP) is 4.87. The molecule has 2 rings (SSSR count). The van der Waals surface area contributed by atoms with Crippen molar-refractivity contribution in [3.05, 3.63) is 57.0 Å². The number of aliphatic imine (C=N–C) groups is 1. The molecule has 0 saturated heterocycles. The summed E-state index contributed by atoms with van der Waals surface area (Å²) in [5.74, 6) is 0.196. The summed E-state index contributed by atoms with van der Waals surface area (Å²) < 4.78 is 0.893. The lowest BCUT2D eigenvalue weighted by Crippen LogP contribution is -1.83. The van der Waals surface area contributed by atoms with Gasteiger partial charge in [0.2, 0.25) is 0 Å². The minimum atomic E-state index is 0.196. The number of benzene rings is 2. The molecule has 2 aromatic carbocycles. The first-order valence-corrected chi connectivity index (χ1v) is 6.53. The van der Waals surface area contributed by atoms with Crippen molar-refractivity contribution in [2.75, 3.05) is 0 Å². The summed E-state index contributed by atoms with van der Waals surface area (Å²) in [6, 6.07) is 10.8. The minimum Gasteiger partial charge on any atom is -0.507 e. The molecule has 0 bridgehead atoms. The normalized spacial score (nSPS) is 11.1. The molecule has 0 radical (unpaired) electrons. The lowest BCUT2D eigenvalue weighted by atomic mass is 10.2. The zero-order valence-corrected chi connectivity index (χ0v) is 12.0. The average Bonchev–Trinajstić information content (AvgIpc) is 2.35. The molecular formula is C14H11BrClNO. The van der Waals surface area contributed by atoms with Crippen LogP contribution in [0.4, 0.5) is 5.69 Å². The molecule has 92 valence electrons. The molecule has 2 nitrogen and oxygen atoms in total. The fraction of sp³-hybridized carbons (Fsp3) is 0.0714. The maximum Gasteiger partial charge on any atom is 0.124 e. The number of rotatable bonds is 2. The first kappa shape index (κ1) is 13.1. The Morgan fingerprint density at radius 1 is 1.28 bits per heavy atom. The number of phenols is 1. The molecule has 18 heavy (non-hydrogen) atoms. The SMILES string of the molecule is Cc1c(Cl)cccc1N=Cc1cc(Br)ccc1O. The third kappa shape index (κ3) is 2.92. The fourth-order valence-corrected chi connectivity index (χ4v) is 2.05. The Morgan fingerprint density at radius 3 is 2.83 bits per heavy atom. The molecule has 0 spiro atoms. The van der Waals surface area contributed by atoms with Crippen LogP contribution in [0.1, 0.15) is 11.1 Å². The van der Waals surface area contributed by atoms with Crippen molar-refractivity contribution in [2.24, 2.45) is 4.99 Å². The molecule has 0 amide bonds. The summed E-state index contributed by atoms with van der Waals surface area (Å²) >= 11 is 9.38. The molecule has 4 heteroatoms. The molecule has 0 aliphatic carbocycles. The van der Waals surface area contributed by atoms with Crippen LogP contribution in [0.5, 0.6) is 5.75 Å². The van der Waals surface area contributed by atoms with E-state index in [1.54, 1.807) is 24.4 Å². The van der Waals surface area contributed by atoms with Crippen molar-refractivity contribution >= 4 is 39.4 Å². The Hall–Kier alpha value is -1.32. The van der Waals surface area contributed by atoms with Crippen molar-refractivity contribution in [3.63, 3.8) is 0 Å². The third-order valence-corrected chi connectivity index (χ3v) is 3.47. The van der Waals surface area contributed by atoms with Gasteiger partial charge in [0, 0.05) is 21.3 Å². The lowest BCUT2D eigenvalue weighted by molar-refractivity contribution is 0.474.